The first kappa shape index (κ1) is 15.9. The molecule has 2 aromatic heterocycles. The fourth-order valence-electron chi connectivity index (χ4n) is 2.73. The van der Waals surface area contributed by atoms with Crippen LogP contribution in [0.15, 0.2) is 24.3 Å². The van der Waals surface area contributed by atoms with Gasteiger partial charge in [-0.3, -0.25) is 0 Å². The number of nitrogens with one attached hydrogen (secondary N) is 1. The van der Waals surface area contributed by atoms with Crippen molar-refractivity contribution < 1.29 is 5.11 Å². The van der Waals surface area contributed by atoms with Crippen LogP contribution in [0.25, 0.3) is 21.9 Å². The zero-order valence-corrected chi connectivity index (χ0v) is 13.3. The fraction of sp³-hybridized carbons (Fsp3) is 0.286. The summed E-state index contributed by atoms with van der Waals surface area (Å²) in [5.41, 5.74) is 8.53. The zero-order chi connectivity index (χ0) is 13.0. The van der Waals surface area contributed by atoms with E-state index in [1.807, 2.05) is 24.3 Å². The highest BCUT2D eigenvalue weighted by atomic mass is 32.1. The average molecular weight is 322 g/mol. The third-order valence-corrected chi connectivity index (χ3v) is 3.88. The number of nitrogens with two attached hydrogens (primary N) is 1. The van der Waals surface area contributed by atoms with Crippen molar-refractivity contribution in [3.63, 3.8) is 0 Å². The van der Waals surface area contributed by atoms with Crippen LogP contribution in [-0.2, 0) is 0 Å². The minimum absolute atomic E-state index is 0. The largest absolute Gasteiger partial charge is 0.393 e. The molecule has 0 unspecified atom stereocenters. The molecule has 1 aliphatic carbocycles. The molecular formula is C14H18N4OS2. The summed E-state index contributed by atoms with van der Waals surface area (Å²) in [5, 5.41) is 10.4. The second-order valence-electron chi connectivity index (χ2n) is 5.18. The van der Waals surface area contributed by atoms with Gasteiger partial charge in [0, 0.05) is 11.3 Å². The average Bonchev–Trinajstić information content (AvgIpc) is 2.80. The Labute approximate surface area is 135 Å². The van der Waals surface area contributed by atoms with E-state index in [9.17, 15) is 5.11 Å². The van der Waals surface area contributed by atoms with Gasteiger partial charge in [-0.05, 0) is 18.9 Å². The van der Waals surface area contributed by atoms with Gasteiger partial charge in [-0.1, -0.05) is 18.2 Å². The van der Waals surface area contributed by atoms with Crippen LogP contribution in [0.5, 0.6) is 0 Å². The number of aromatic nitrogens is 3. The summed E-state index contributed by atoms with van der Waals surface area (Å²) in [5.74, 6) is 1.69. The Bertz CT molecular complexity index is 783. The monoisotopic (exact) mass is 322 g/mol. The van der Waals surface area contributed by atoms with Crippen molar-refractivity contribution in [2.24, 2.45) is 0 Å². The SMILES string of the molecule is Nc1nc2ccccc2c2nc(C3CC(O)C3)[nH]c12.S.S. The van der Waals surface area contributed by atoms with Crippen LogP contribution in [0.2, 0.25) is 0 Å². The Morgan fingerprint density at radius 2 is 1.86 bits per heavy atom. The number of hydrogen-bond acceptors (Lipinski definition) is 4. The van der Waals surface area contributed by atoms with Crippen LogP contribution < -0.4 is 5.73 Å². The lowest BCUT2D eigenvalue weighted by atomic mass is 9.82. The van der Waals surface area contributed by atoms with Gasteiger partial charge in [0.25, 0.3) is 0 Å². The molecule has 2 heterocycles. The van der Waals surface area contributed by atoms with Crippen LogP contribution in [0.3, 0.4) is 0 Å². The minimum Gasteiger partial charge on any atom is -0.393 e. The van der Waals surface area contributed by atoms with Crippen molar-refractivity contribution in [1.29, 1.82) is 0 Å². The van der Waals surface area contributed by atoms with E-state index in [1.165, 1.54) is 0 Å². The van der Waals surface area contributed by atoms with E-state index in [2.05, 4.69) is 15.0 Å². The third kappa shape index (κ3) is 2.45. The first-order valence-electron chi connectivity index (χ1n) is 6.44. The summed E-state index contributed by atoms with van der Waals surface area (Å²) in [6.07, 6.45) is 1.35. The van der Waals surface area contributed by atoms with E-state index in [4.69, 9.17) is 5.73 Å². The summed E-state index contributed by atoms with van der Waals surface area (Å²) >= 11 is 0. The molecule has 4 rings (SSSR count). The standard InChI is InChI=1S/C14H14N4O.2H2S/c15-13-12-11(9-3-1-2-4-10(9)16-13)17-14(18-12)7-5-8(19)6-7;;/h1-4,7-8,19H,5-6H2,(H2,15,16)(H,17,18);2*1H2. The summed E-state index contributed by atoms with van der Waals surface area (Å²) in [6, 6.07) is 7.86. The second-order valence-corrected chi connectivity index (χ2v) is 5.18. The number of nitrogens with zero attached hydrogens (tertiary/aromatic N) is 2. The summed E-state index contributed by atoms with van der Waals surface area (Å²) < 4.78 is 0. The zero-order valence-electron chi connectivity index (χ0n) is 11.3. The number of H-pyrrole nitrogens is 1. The van der Waals surface area contributed by atoms with Gasteiger partial charge in [0.15, 0.2) is 0 Å². The highest BCUT2D eigenvalue weighted by Crippen LogP contribution is 2.37. The topological polar surface area (TPSA) is 87.8 Å². The first-order valence-corrected chi connectivity index (χ1v) is 6.44. The molecule has 1 fully saturated rings. The lowest BCUT2D eigenvalue weighted by Crippen LogP contribution is -2.27. The number of aliphatic hydroxyl groups is 1. The minimum atomic E-state index is -0.189. The van der Waals surface area contributed by atoms with Gasteiger partial charge < -0.3 is 15.8 Å². The molecule has 4 N–H and O–H groups in total. The van der Waals surface area contributed by atoms with Gasteiger partial charge in [0.2, 0.25) is 0 Å². The van der Waals surface area contributed by atoms with Gasteiger partial charge in [0.05, 0.1) is 11.6 Å². The molecule has 5 nitrogen and oxygen atoms in total. The molecule has 0 atom stereocenters. The molecule has 3 aromatic rings. The van der Waals surface area contributed by atoms with E-state index >= 15 is 0 Å². The molecule has 0 aliphatic heterocycles. The lowest BCUT2D eigenvalue weighted by molar-refractivity contribution is 0.0720. The van der Waals surface area contributed by atoms with Gasteiger partial charge in [-0.15, -0.1) is 0 Å². The summed E-state index contributed by atoms with van der Waals surface area (Å²) in [7, 11) is 0. The normalized spacial score (nSPS) is 20.6. The quantitative estimate of drug-likeness (QED) is 0.640. The predicted molar refractivity (Wildman–Crippen MR) is 94.6 cm³/mol. The van der Waals surface area contributed by atoms with Crippen molar-refractivity contribution >= 4 is 54.7 Å². The number of aliphatic hydroxyl groups excluding tert-OH is 1. The number of rotatable bonds is 1. The number of benzene rings is 1. The van der Waals surface area contributed by atoms with Gasteiger partial charge in [0.1, 0.15) is 22.7 Å². The molecule has 0 radical (unpaired) electrons. The van der Waals surface area contributed by atoms with Gasteiger partial charge >= 0.3 is 0 Å². The highest BCUT2D eigenvalue weighted by molar-refractivity contribution is 7.59. The first-order chi connectivity index (χ1) is 9.22. The molecule has 0 bridgehead atoms. The van der Waals surface area contributed by atoms with Gasteiger partial charge in [-0.2, -0.15) is 27.0 Å². The molecule has 1 aliphatic rings. The molecule has 0 spiro atoms. The van der Waals surface area contributed by atoms with E-state index in [1.54, 1.807) is 0 Å². The van der Waals surface area contributed by atoms with E-state index < -0.39 is 0 Å². The van der Waals surface area contributed by atoms with Crippen LogP contribution >= 0.6 is 27.0 Å². The number of fused-ring (bicyclic) bond motifs is 3. The van der Waals surface area contributed by atoms with Gasteiger partial charge in [-0.25, -0.2) is 9.97 Å². The highest BCUT2D eigenvalue weighted by Gasteiger charge is 2.31. The number of hydrogen-bond donors (Lipinski definition) is 3. The molecule has 1 saturated carbocycles. The van der Waals surface area contributed by atoms with Crippen LogP contribution in [-0.4, -0.2) is 26.2 Å². The smallest absolute Gasteiger partial charge is 0.150 e. The van der Waals surface area contributed by atoms with Crippen molar-refractivity contribution in [3.8, 4) is 0 Å². The number of para-hydroxylation sites is 1. The molecule has 0 saturated heterocycles. The van der Waals surface area contributed by atoms with Crippen LogP contribution in [0, 0.1) is 0 Å². The van der Waals surface area contributed by atoms with Crippen LogP contribution in [0.1, 0.15) is 24.6 Å². The number of nitrogen functional groups attached to an aromatic ring is 1. The molecular weight excluding hydrogens is 304 g/mol. The molecule has 1 aromatic carbocycles. The number of aromatic amines is 1. The van der Waals surface area contributed by atoms with Crippen LogP contribution in [0.4, 0.5) is 5.82 Å². The van der Waals surface area contributed by atoms with Crippen molar-refractivity contribution in [3.05, 3.63) is 30.1 Å². The maximum Gasteiger partial charge on any atom is 0.150 e. The third-order valence-electron chi connectivity index (χ3n) is 3.88. The van der Waals surface area contributed by atoms with E-state index in [0.717, 1.165) is 40.6 Å². The Morgan fingerprint density at radius 1 is 1.14 bits per heavy atom. The maximum absolute atomic E-state index is 9.40. The summed E-state index contributed by atoms with van der Waals surface area (Å²) in [4.78, 5) is 12.3. The molecule has 112 valence electrons. The Kier molecular flexibility index (Phi) is 4.36. The molecule has 7 heteroatoms. The number of pyridine rings is 1. The number of anilines is 1. The Morgan fingerprint density at radius 3 is 2.57 bits per heavy atom. The van der Waals surface area contributed by atoms with Crippen molar-refractivity contribution in [1.82, 2.24) is 15.0 Å². The number of imidazole rings is 1. The Balaban J connectivity index is 0.000000807. The van der Waals surface area contributed by atoms with E-state index in [0.29, 0.717) is 11.7 Å². The predicted octanol–water partition coefficient (Wildman–Crippen LogP) is 2.16. The van der Waals surface area contributed by atoms with Crippen molar-refractivity contribution in [2.45, 2.75) is 24.9 Å². The Hall–Kier alpha value is -1.44. The fourth-order valence-corrected chi connectivity index (χ4v) is 2.73. The lowest BCUT2D eigenvalue weighted by Gasteiger charge is -2.29. The summed E-state index contributed by atoms with van der Waals surface area (Å²) in [6.45, 7) is 0. The molecule has 21 heavy (non-hydrogen) atoms. The van der Waals surface area contributed by atoms with Crippen molar-refractivity contribution in [2.75, 3.05) is 5.73 Å². The maximum atomic E-state index is 9.40. The second kappa shape index (κ2) is 5.75. The van der Waals surface area contributed by atoms with E-state index in [-0.39, 0.29) is 33.1 Å². The molecule has 0 amide bonds.